The average Bonchev–Trinajstić information content (AvgIpc) is 1.98. The minimum absolute atomic E-state index is 0.121. The van der Waals surface area contributed by atoms with Crippen molar-refractivity contribution < 1.29 is 4.79 Å². The van der Waals surface area contributed by atoms with Crippen molar-refractivity contribution >= 4 is 5.91 Å². The molecule has 2 unspecified atom stereocenters. The second kappa shape index (κ2) is 6.24. The van der Waals surface area contributed by atoms with Crippen LogP contribution in [-0.4, -0.2) is 24.0 Å². The van der Waals surface area contributed by atoms with Gasteiger partial charge in [-0.2, -0.15) is 0 Å². The normalized spacial score (nSPS) is 16.0. The average molecular weight is 228 g/mol. The molecule has 2 atom stereocenters. The van der Waals surface area contributed by atoms with Gasteiger partial charge in [0.05, 0.1) is 0 Å². The Morgan fingerprint density at radius 2 is 1.62 bits per heavy atom. The monoisotopic (exact) mass is 228 g/mol. The molecule has 0 aliphatic carbocycles. The SMILES string of the molecule is CC(C)NC(=O)CC(C)NC(C)C(C)(C)C. The van der Waals surface area contributed by atoms with Gasteiger partial charge in [-0.1, -0.05) is 20.8 Å². The zero-order valence-corrected chi connectivity index (χ0v) is 11.8. The number of rotatable bonds is 5. The molecule has 0 saturated carbocycles. The van der Waals surface area contributed by atoms with E-state index in [0.717, 1.165) is 0 Å². The molecule has 0 aromatic carbocycles. The first kappa shape index (κ1) is 15.4. The second-order valence-corrected chi connectivity index (χ2v) is 6.08. The van der Waals surface area contributed by atoms with Gasteiger partial charge in [0.2, 0.25) is 5.91 Å². The van der Waals surface area contributed by atoms with Crippen LogP contribution in [0.25, 0.3) is 0 Å². The van der Waals surface area contributed by atoms with Crippen LogP contribution in [-0.2, 0) is 4.79 Å². The molecule has 3 heteroatoms. The standard InChI is InChI=1S/C13H28N2O/c1-9(2)14-12(16)8-10(3)15-11(4)13(5,6)7/h9-11,15H,8H2,1-7H3,(H,14,16). The summed E-state index contributed by atoms with van der Waals surface area (Å²) in [6, 6.07) is 0.835. The Balaban J connectivity index is 3.99. The predicted octanol–water partition coefficient (Wildman–Crippen LogP) is 2.31. The van der Waals surface area contributed by atoms with E-state index in [-0.39, 0.29) is 23.4 Å². The smallest absolute Gasteiger partial charge is 0.221 e. The van der Waals surface area contributed by atoms with Crippen LogP contribution in [0.3, 0.4) is 0 Å². The fraction of sp³-hybridized carbons (Fsp3) is 0.923. The van der Waals surface area contributed by atoms with E-state index >= 15 is 0 Å². The molecule has 0 aromatic rings. The van der Waals surface area contributed by atoms with Crippen molar-refractivity contribution in [2.45, 2.75) is 73.0 Å². The molecule has 96 valence electrons. The van der Waals surface area contributed by atoms with Crippen molar-refractivity contribution in [1.29, 1.82) is 0 Å². The Bertz CT molecular complexity index is 218. The molecule has 1 amide bonds. The van der Waals surface area contributed by atoms with Crippen molar-refractivity contribution in [3.8, 4) is 0 Å². The highest BCUT2D eigenvalue weighted by atomic mass is 16.1. The molecule has 0 fully saturated rings. The van der Waals surface area contributed by atoms with E-state index in [1.807, 2.05) is 13.8 Å². The molecule has 2 N–H and O–H groups in total. The van der Waals surface area contributed by atoms with Gasteiger partial charge in [-0.25, -0.2) is 0 Å². The molecule has 0 radical (unpaired) electrons. The van der Waals surface area contributed by atoms with Crippen LogP contribution in [0.2, 0.25) is 0 Å². The van der Waals surface area contributed by atoms with E-state index in [9.17, 15) is 4.79 Å². The molecule has 0 spiro atoms. The fourth-order valence-electron chi connectivity index (χ4n) is 1.39. The largest absolute Gasteiger partial charge is 0.354 e. The first-order valence-corrected chi connectivity index (χ1v) is 6.18. The zero-order chi connectivity index (χ0) is 12.9. The third-order valence-corrected chi connectivity index (χ3v) is 2.77. The van der Waals surface area contributed by atoms with Gasteiger partial charge in [-0.15, -0.1) is 0 Å². The van der Waals surface area contributed by atoms with E-state index in [0.29, 0.717) is 12.5 Å². The van der Waals surface area contributed by atoms with Gasteiger partial charge in [0.25, 0.3) is 0 Å². The van der Waals surface area contributed by atoms with Crippen LogP contribution < -0.4 is 10.6 Å². The van der Waals surface area contributed by atoms with Crippen LogP contribution in [0, 0.1) is 5.41 Å². The highest BCUT2D eigenvalue weighted by Crippen LogP contribution is 2.19. The Morgan fingerprint density at radius 1 is 1.12 bits per heavy atom. The van der Waals surface area contributed by atoms with Gasteiger partial charge in [0.15, 0.2) is 0 Å². The molecule has 0 aliphatic heterocycles. The summed E-state index contributed by atoms with van der Waals surface area (Å²) in [5, 5.41) is 6.37. The molecule has 16 heavy (non-hydrogen) atoms. The lowest BCUT2D eigenvalue weighted by molar-refractivity contribution is -0.122. The lowest BCUT2D eigenvalue weighted by Gasteiger charge is -2.31. The van der Waals surface area contributed by atoms with Crippen molar-refractivity contribution in [3.05, 3.63) is 0 Å². The van der Waals surface area contributed by atoms with Crippen molar-refractivity contribution in [1.82, 2.24) is 10.6 Å². The summed E-state index contributed by atoms with van der Waals surface area (Å²) in [6.07, 6.45) is 0.540. The van der Waals surface area contributed by atoms with E-state index in [1.165, 1.54) is 0 Å². The fourth-order valence-corrected chi connectivity index (χ4v) is 1.39. The molecule has 0 saturated heterocycles. The summed E-state index contributed by atoms with van der Waals surface area (Å²) in [5.74, 6) is 0.121. The Hall–Kier alpha value is -0.570. The second-order valence-electron chi connectivity index (χ2n) is 6.08. The van der Waals surface area contributed by atoms with E-state index in [2.05, 4.69) is 45.3 Å². The van der Waals surface area contributed by atoms with E-state index < -0.39 is 0 Å². The van der Waals surface area contributed by atoms with Gasteiger partial charge < -0.3 is 10.6 Å². The molecule has 0 aromatic heterocycles. The first-order chi connectivity index (χ1) is 7.12. The van der Waals surface area contributed by atoms with Gasteiger partial charge in [-0.3, -0.25) is 4.79 Å². The molecular weight excluding hydrogens is 200 g/mol. The van der Waals surface area contributed by atoms with E-state index in [1.54, 1.807) is 0 Å². The number of hydrogen-bond acceptors (Lipinski definition) is 2. The highest BCUT2D eigenvalue weighted by molar-refractivity contribution is 5.76. The maximum Gasteiger partial charge on any atom is 0.221 e. The number of carbonyl (C=O) groups excluding carboxylic acids is 1. The highest BCUT2D eigenvalue weighted by Gasteiger charge is 2.22. The van der Waals surface area contributed by atoms with Crippen LogP contribution in [0.5, 0.6) is 0 Å². The Labute approximate surface area is 100 Å². The minimum Gasteiger partial charge on any atom is -0.354 e. The lowest BCUT2D eigenvalue weighted by Crippen LogP contribution is -2.45. The van der Waals surface area contributed by atoms with Crippen LogP contribution in [0.4, 0.5) is 0 Å². The molecular formula is C13H28N2O. The molecule has 0 heterocycles. The summed E-state index contributed by atoms with van der Waals surface area (Å²) in [5.41, 5.74) is 0.225. The van der Waals surface area contributed by atoms with Gasteiger partial charge >= 0.3 is 0 Å². The predicted molar refractivity (Wildman–Crippen MR) is 69.4 cm³/mol. The van der Waals surface area contributed by atoms with Crippen molar-refractivity contribution in [3.63, 3.8) is 0 Å². The summed E-state index contributed by atoms with van der Waals surface area (Å²) in [4.78, 5) is 11.5. The van der Waals surface area contributed by atoms with Crippen molar-refractivity contribution in [2.24, 2.45) is 5.41 Å². The summed E-state index contributed by atoms with van der Waals surface area (Å²) < 4.78 is 0. The topological polar surface area (TPSA) is 41.1 Å². The summed E-state index contributed by atoms with van der Waals surface area (Å²) >= 11 is 0. The first-order valence-electron chi connectivity index (χ1n) is 6.18. The molecule has 0 bridgehead atoms. The quantitative estimate of drug-likeness (QED) is 0.758. The number of amides is 1. The maximum atomic E-state index is 11.5. The Morgan fingerprint density at radius 3 is 2.00 bits per heavy atom. The van der Waals surface area contributed by atoms with Crippen molar-refractivity contribution in [2.75, 3.05) is 0 Å². The Kier molecular flexibility index (Phi) is 6.01. The van der Waals surface area contributed by atoms with Gasteiger partial charge in [-0.05, 0) is 33.1 Å². The van der Waals surface area contributed by atoms with Crippen LogP contribution in [0.15, 0.2) is 0 Å². The number of nitrogens with one attached hydrogen (secondary N) is 2. The third-order valence-electron chi connectivity index (χ3n) is 2.77. The molecule has 3 nitrogen and oxygen atoms in total. The lowest BCUT2D eigenvalue weighted by atomic mass is 9.87. The zero-order valence-electron chi connectivity index (χ0n) is 11.8. The third kappa shape index (κ3) is 6.83. The maximum absolute atomic E-state index is 11.5. The number of hydrogen-bond donors (Lipinski definition) is 2. The van der Waals surface area contributed by atoms with Gasteiger partial charge in [0, 0.05) is 24.5 Å². The van der Waals surface area contributed by atoms with Crippen LogP contribution in [0.1, 0.15) is 54.9 Å². The summed E-state index contributed by atoms with van der Waals surface area (Å²) in [6.45, 7) is 14.8. The van der Waals surface area contributed by atoms with E-state index in [4.69, 9.17) is 0 Å². The number of carbonyl (C=O) groups is 1. The van der Waals surface area contributed by atoms with Gasteiger partial charge in [0.1, 0.15) is 0 Å². The minimum atomic E-state index is 0.121. The molecule has 0 aliphatic rings. The summed E-state index contributed by atoms with van der Waals surface area (Å²) in [7, 11) is 0. The molecule has 0 rings (SSSR count). The van der Waals surface area contributed by atoms with Crippen LogP contribution >= 0.6 is 0 Å².